The molecule has 0 spiro atoms. The van der Waals surface area contributed by atoms with Gasteiger partial charge in [-0.1, -0.05) is 11.6 Å². The Balaban J connectivity index is 1.95. The number of amides is 2. The van der Waals surface area contributed by atoms with Gasteiger partial charge in [-0.25, -0.2) is 14.2 Å². The van der Waals surface area contributed by atoms with E-state index < -0.39 is 11.8 Å². The predicted molar refractivity (Wildman–Crippen MR) is 102 cm³/mol. The van der Waals surface area contributed by atoms with Gasteiger partial charge in [0.1, 0.15) is 11.6 Å². The molecule has 0 fully saturated rings. The summed E-state index contributed by atoms with van der Waals surface area (Å²) in [6, 6.07) is 5.17. The molecule has 0 aliphatic carbocycles. The summed E-state index contributed by atoms with van der Waals surface area (Å²) in [6.07, 6.45) is 0.963. The number of aryl methyl sites for hydroxylation is 1. The van der Waals surface area contributed by atoms with Crippen LogP contribution in [0.3, 0.4) is 0 Å². The number of aromatic nitrogens is 2. The van der Waals surface area contributed by atoms with Crippen molar-refractivity contribution < 1.29 is 9.18 Å². The lowest BCUT2D eigenvalue weighted by Gasteiger charge is -2.12. The average molecular weight is 381 g/mol. The Hall–Kier alpha value is -2.45. The highest BCUT2D eigenvalue weighted by Crippen LogP contribution is 2.19. The van der Waals surface area contributed by atoms with E-state index in [0.29, 0.717) is 11.5 Å². The molecule has 0 saturated heterocycles. The molecule has 9 heteroatoms. The van der Waals surface area contributed by atoms with Crippen molar-refractivity contribution in [1.82, 2.24) is 14.9 Å². The standard InChI is InChI=1S/C17H22ClFN6O/c1-11-9-15(20-7-4-8-25(2)3)23-16(21-11)24-17(26)22-12-5-6-14(19)13(18)10-12/h5-6,9-10H,4,7-8H2,1-3H3,(H3,20,21,22,23,24,26). The van der Waals surface area contributed by atoms with Gasteiger partial charge in [-0.2, -0.15) is 4.98 Å². The van der Waals surface area contributed by atoms with Crippen molar-refractivity contribution in [2.24, 2.45) is 0 Å². The minimum Gasteiger partial charge on any atom is -0.370 e. The van der Waals surface area contributed by atoms with Crippen molar-refractivity contribution in [3.05, 3.63) is 40.8 Å². The Morgan fingerprint density at radius 2 is 2.00 bits per heavy atom. The SMILES string of the molecule is Cc1cc(NCCCN(C)C)nc(NC(=O)Nc2ccc(F)c(Cl)c2)n1. The molecule has 2 amide bonds. The van der Waals surface area contributed by atoms with Gasteiger partial charge < -0.3 is 15.5 Å². The summed E-state index contributed by atoms with van der Waals surface area (Å²) in [7, 11) is 4.04. The fourth-order valence-electron chi connectivity index (χ4n) is 2.16. The quantitative estimate of drug-likeness (QED) is 0.639. The van der Waals surface area contributed by atoms with Crippen LogP contribution in [0.2, 0.25) is 5.02 Å². The Labute approximate surface area is 157 Å². The van der Waals surface area contributed by atoms with Crippen molar-refractivity contribution in [1.29, 1.82) is 0 Å². The first kappa shape index (κ1) is 19.9. The van der Waals surface area contributed by atoms with Crippen molar-refractivity contribution in [2.75, 3.05) is 43.1 Å². The molecule has 3 N–H and O–H groups in total. The van der Waals surface area contributed by atoms with E-state index >= 15 is 0 Å². The zero-order valence-electron chi connectivity index (χ0n) is 14.9. The van der Waals surface area contributed by atoms with Gasteiger partial charge in [-0.15, -0.1) is 0 Å². The summed E-state index contributed by atoms with van der Waals surface area (Å²) < 4.78 is 13.2. The van der Waals surface area contributed by atoms with Crippen LogP contribution < -0.4 is 16.0 Å². The summed E-state index contributed by atoms with van der Waals surface area (Å²) in [5.41, 5.74) is 1.08. The van der Waals surface area contributed by atoms with Crippen molar-refractivity contribution >= 4 is 35.1 Å². The molecule has 140 valence electrons. The van der Waals surface area contributed by atoms with Gasteiger partial charge in [0, 0.05) is 24.0 Å². The number of hydrogen-bond donors (Lipinski definition) is 3. The van der Waals surface area contributed by atoms with Gasteiger partial charge in [-0.05, 0) is 52.2 Å². The maximum Gasteiger partial charge on any atom is 0.326 e. The lowest BCUT2D eigenvalue weighted by Crippen LogP contribution is -2.21. The van der Waals surface area contributed by atoms with Crippen LogP contribution >= 0.6 is 11.6 Å². The van der Waals surface area contributed by atoms with Gasteiger partial charge in [0.2, 0.25) is 5.95 Å². The largest absolute Gasteiger partial charge is 0.370 e. The molecule has 7 nitrogen and oxygen atoms in total. The van der Waals surface area contributed by atoms with Gasteiger partial charge in [0.15, 0.2) is 0 Å². The number of anilines is 3. The third kappa shape index (κ3) is 6.45. The monoisotopic (exact) mass is 380 g/mol. The van der Waals surface area contributed by atoms with Crippen LogP contribution in [-0.4, -0.2) is 48.1 Å². The minimum atomic E-state index is -0.551. The maximum absolute atomic E-state index is 13.2. The summed E-state index contributed by atoms with van der Waals surface area (Å²) >= 11 is 5.70. The third-order valence-corrected chi connectivity index (χ3v) is 3.63. The van der Waals surface area contributed by atoms with Crippen LogP contribution in [0.4, 0.5) is 26.6 Å². The van der Waals surface area contributed by atoms with Crippen LogP contribution in [0.1, 0.15) is 12.1 Å². The van der Waals surface area contributed by atoms with Gasteiger partial charge in [0.25, 0.3) is 0 Å². The molecule has 0 aliphatic heterocycles. The highest BCUT2D eigenvalue weighted by molar-refractivity contribution is 6.31. The van der Waals surface area contributed by atoms with E-state index in [-0.39, 0.29) is 11.0 Å². The number of rotatable bonds is 7. The number of nitrogens with zero attached hydrogens (tertiary/aromatic N) is 3. The summed E-state index contributed by atoms with van der Waals surface area (Å²) in [4.78, 5) is 22.6. The zero-order chi connectivity index (χ0) is 19.1. The molecule has 1 aromatic carbocycles. The third-order valence-electron chi connectivity index (χ3n) is 3.35. The van der Waals surface area contributed by atoms with E-state index in [1.807, 2.05) is 21.0 Å². The van der Waals surface area contributed by atoms with Crippen molar-refractivity contribution in [3.8, 4) is 0 Å². The molecular formula is C17H22ClFN6O. The maximum atomic E-state index is 13.2. The molecule has 0 radical (unpaired) electrons. The van der Waals surface area contributed by atoms with Crippen LogP contribution in [0.5, 0.6) is 0 Å². The molecule has 2 rings (SSSR count). The summed E-state index contributed by atoms with van der Waals surface area (Å²) in [5.74, 6) is 0.256. The zero-order valence-corrected chi connectivity index (χ0v) is 15.7. The van der Waals surface area contributed by atoms with E-state index in [4.69, 9.17) is 11.6 Å². The highest BCUT2D eigenvalue weighted by atomic mass is 35.5. The van der Waals surface area contributed by atoms with E-state index in [9.17, 15) is 9.18 Å². The second-order valence-corrected chi connectivity index (χ2v) is 6.42. The second kappa shape index (κ2) is 9.30. The number of benzene rings is 1. The van der Waals surface area contributed by atoms with Crippen molar-refractivity contribution in [2.45, 2.75) is 13.3 Å². The van der Waals surface area contributed by atoms with Crippen LogP contribution in [0.25, 0.3) is 0 Å². The van der Waals surface area contributed by atoms with E-state index in [2.05, 4.69) is 30.8 Å². The van der Waals surface area contributed by atoms with Crippen LogP contribution in [0, 0.1) is 12.7 Å². The number of carbonyl (C=O) groups excluding carboxylic acids is 1. The minimum absolute atomic E-state index is 0.0705. The molecule has 26 heavy (non-hydrogen) atoms. The average Bonchev–Trinajstić information content (AvgIpc) is 2.54. The Bertz CT molecular complexity index is 771. The molecule has 0 atom stereocenters. The Kier molecular flexibility index (Phi) is 7.11. The first-order valence-corrected chi connectivity index (χ1v) is 8.48. The smallest absolute Gasteiger partial charge is 0.326 e. The number of nitrogens with one attached hydrogen (secondary N) is 3. The van der Waals surface area contributed by atoms with E-state index in [0.717, 1.165) is 25.2 Å². The van der Waals surface area contributed by atoms with Crippen LogP contribution in [0.15, 0.2) is 24.3 Å². The molecule has 1 heterocycles. The molecule has 0 unspecified atom stereocenters. The normalized spacial score (nSPS) is 10.7. The molecule has 0 saturated carbocycles. The van der Waals surface area contributed by atoms with Crippen LogP contribution in [-0.2, 0) is 0 Å². The molecule has 2 aromatic rings. The number of urea groups is 1. The first-order chi connectivity index (χ1) is 12.3. The fraction of sp³-hybridized carbons (Fsp3) is 0.353. The number of halogens is 2. The van der Waals surface area contributed by atoms with Gasteiger partial charge in [-0.3, -0.25) is 5.32 Å². The summed E-state index contributed by atoms with van der Waals surface area (Å²) in [6.45, 7) is 3.54. The predicted octanol–water partition coefficient (Wildman–Crippen LogP) is 3.59. The molecule has 1 aromatic heterocycles. The number of carbonyl (C=O) groups is 1. The topological polar surface area (TPSA) is 82.2 Å². The fourth-order valence-corrected chi connectivity index (χ4v) is 2.35. The van der Waals surface area contributed by atoms with Crippen molar-refractivity contribution in [3.63, 3.8) is 0 Å². The first-order valence-electron chi connectivity index (χ1n) is 8.11. The van der Waals surface area contributed by atoms with E-state index in [1.54, 1.807) is 6.07 Å². The van der Waals surface area contributed by atoms with Gasteiger partial charge in [0.05, 0.1) is 5.02 Å². The highest BCUT2D eigenvalue weighted by Gasteiger charge is 2.09. The molecule has 0 aliphatic rings. The van der Waals surface area contributed by atoms with E-state index in [1.165, 1.54) is 18.2 Å². The van der Waals surface area contributed by atoms with Gasteiger partial charge >= 0.3 is 6.03 Å². The Morgan fingerprint density at radius 1 is 1.23 bits per heavy atom. The lowest BCUT2D eigenvalue weighted by molar-refractivity contribution is 0.262. The molecule has 0 bridgehead atoms. The number of hydrogen-bond acceptors (Lipinski definition) is 5. The molecular weight excluding hydrogens is 359 g/mol. The Morgan fingerprint density at radius 3 is 2.69 bits per heavy atom. The second-order valence-electron chi connectivity index (χ2n) is 6.01. The lowest BCUT2D eigenvalue weighted by atomic mass is 10.3. The summed E-state index contributed by atoms with van der Waals surface area (Å²) in [5, 5.41) is 8.25.